The molecule has 1 atom stereocenters. The van der Waals surface area contributed by atoms with E-state index in [1.54, 1.807) is 12.1 Å². The monoisotopic (exact) mass is 240 g/mol. The summed E-state index contributed by atoms with van der Waals surface area (Å²) in [4.78, 5) is 11.3. The average Bonchev–Trinajstić information content (AvgIpc) is 2.29. The van der Waals surface area contributed by atoms with Crippen LogP contribution in [-0.4, -0.2) is 21.0 Å². The Kier molecular flexibility index (Phi) is 5.19. The van der Waals surface area contributed by atoms with E-state index in [-0.39, 0.29) is 5.56 Å². The van der Waals surface area contributed by atoms with Crippen molar-refractivity contribution in [3.8, 4) is 0 Å². The van der Waals surface area contributed by atoms with E-state index < -0.39 is 16.8 Å². The lowest BCUT2D eigenvalue weighted by molar-refractivity contribution is 0.0696. The number of carbonyl (C=O) groups is 1. The van der Waals surface area contributed by atoms with Gasteiger partial charge >= 0.3 is 5.97 Å². The van der Waals surface area contributed by atoms with Gasteiger partial charge in [0, 0.05) is 10.6 Å². The van der Waals surface area contributed by atoms with Crippen molar-refractivity contribution in [2.24, 2.45) is 0 Å². The lowest BCUT2D eigenvalue weighted by atomic mass is 10.2. The van der Waals surface area contributed by atoms with Crippen molar-refractivity contribution in [3.05, 3.63) is 29.8 Å². The molecule has 0 bridgehead atoms. The largest absolute Gasteiger partial charge is 0.478 e. The molecule has 0 aliphatic rings. The molecular formula is C12H16O3S. The highest BCUT2D eigenvalue weighted by Gasteiger charge is 2.07. The number of carboxylic acid groups (broad SMARTS) is 1. The van der Waals surface area contributed by atoms with Gasteiger partial charge in [-0.15, -0.1) is 0 Å². The molecule has 0 aromatic heterocycles. The topological polar surface area (TPSA) is 54.4 Å². The molecule has 0 aliphatic heterocycles. The van der Waals surface area contributed by atoms with Gasteiger partial charge in [-0.2, -0.15) is 0 Å². The van der Waals surface area contributed by atoms with E-state index in [2.05, 4.69) is 6.92 Å². The number of aromatic carboxylic acids is 1. The summed E-state index contributed by atoms with van der Waals surface area (Å²) < 4.78 is 11.8. The molecule has 1 unspecified atom stereocenters. The molecule has 0 radical (unpaired) electrons. The molecule has 1 aromatic rings. The molecule has 0 saturated heterocycles. The summed E-state index contributed by atoms with van der Waals surface area (Å²) in [5.41, 5.74) is 0.196. The van der Waals surface area contributed by atoms with Crippen LogP contribution in [0.3, 0.4) is 0 Å². The molecule has 1 aromatic carbocycles. The Morgan fingerprint density at radius 2 is 2.12 bits per heavy atom. The Bertz CT molecular complexity index is 388. The van der Waals surface area contributed by atoms with Crippen LogP contribution in [-0.2, 0) is 10.8 Å². The van der Waals surface area contributed by atoms with Gasteiger partial charge in [0.15, 0.2) is 0 Å². The Morgan fingerprint density at radius 1 is 1.38 bits per heavy atom. The Hall–Kier alpha value is -1.16. The van der Waals surface area contributed by atoms with Gasteiger partial charge in [0.25, 0.3) is 0 Å². The molecule has 0 amide bonds. The van der Waals surface area contributed by atoms with Crippen LogP contribution >= 0.6 is 0 Å². The van der Waals surface area contributed by atoms with Gasteiger partial charge in [0.05, 0.1) is 16.4 Å². The minimum Gasteiger partial charge on any atom is -0.478 e. The van der Waals surface area contributed by atoms with Gasteiger partial charge in [-0.1, -0.05) is 25.8 Å². The predicted octanol–water partition coefficient (Wildman–Crippen LogP) is 2.68. The number of benzene rings is 1. The SMILES string of the molecule is CCCCCS(=O)c1cccc(C(=O)O)c1. The highest BCUT2D eigenvalue weighted by Crippen LogP contribution is 2.11. The number of hydrogen-bond donors (Lipinski definition) is 1. The van der Waals surface area contributed by atoms with Crippen LogP contribution in [0.5, 0.6) is 0 Å². The molecule has 1 rings (SSSR count). The zero-order valence-electron chi connectivity index (χ0n) is 9.31. The molecule has 0 fully saturated rings. The second-order valence-electron chi connectivity index (χ2n) is 3.59. The third-order valence-electron chi connectivity index (χ3n) is 2.28. The van der Waals surface area contributed by atoms with E-state index in [4.69, 9.17) is 5.11 Å². The zero-order valence-corrected chi connectivity index (χ0v) is 10.1. The van der Waals surface area contributed by atoms with E-state index in [0.717, 1.165) is 19.3 Å². The molecule has 0 heterocycles. The van der Waals surface area contributed by atoms with E-state index in [1.165, 1.54) is 12.1 Å². The van der Waals surface area contributed by atoms with Gasteiger partial charge in [0.2, 0.25) is 0 Å². The Balaban J connectivity index is 2.68. The van der Waals surface area contributed by atoms with Crippen LogP contribution in [0.25, 0.3) is 0 Å². The lowest BCUT2D eigenvalue weighted by Crippen LogP contribution is -2.01. The maximum absolute atomic E-state index is 11.8. The zero-order chi connectivity index (χ0) is 12.0. The summed E-state index contributed by atoms with van der Waals surface area (Å²) in [5.74, 6) is -0.371. The van der Waals surface area contributed by atoms with Crippen LogP contribution in [0, 0.1) is 0 Å². The first kappa shape index (κ1) is 12.9. The maximum Gasteiger partial charge on any atom is 0.335 e. The summed E-state index contributed by atoms with van der Waals surface area (Å²) in [6, 6.07) is 6.35. The van der Waals surface area contributed by atoms with E-state index >= 15 is 0 Å². The van der Waals surface area contributed by atoms with Crippen LogP contribution in [0.15, 0.2) is 29.2 Å². The first-order chi connectivity index (χ1) is 7.65. The smallest absolute Gasteiger partial charge is 0.335 e. The molecule has 1 N–H and O–H groups in total. The third kappa shape index (κ3) is 3.77. The summed E-state index contributed by atoms with van der Waals surface area (Å²) in [5, 5.41) is 8.81. The quantitative estimate of drug-likeness (QED) is 0.778. The molecule has 4 heteroatoms. The standard InChI is InChI=1S/C12H16O3S/c1-2-3-4-8-16(15)11-7-5-6-10(9-11)12(13)14/h5-7,9H,2-4,8H2,1H3,(H,13,14). The van der Waals surface area contributed by atoms with Gasteiger partial charge in [-0.3, -0.25) is 4.21 Å². The molecular weight excluding hydrogens is 224 g/mol. The third-order valence-corrected chi connectivity index (χ3v) is 3.72. The van der Waals surface area contributed by atoms with Gasteiger partial charge in [0.1, 0.15) is 0 Å². The van der Waals surface area contributed by atoms with Gasteiger partial charge < -0.3 is 5.11 Å². The highest BCUT2D eigenvalue weighted by molar-refractivity contribution is 7.85. The van der Waals surface area contributed by atoms with Crippen molar-refractivity contribution in [3.63, 3.8) is 0 Å². The van der Waals surface area contributed by atoms with Crippen LogP contribution in [0.1, 0.15) is 36.5 Å². The van der Waals surface area contributed by atoms with Crippen LogP contribution in [0.4, 0.5) is 0 Å². The number of carboxylic acids is 1. The van der Waals surface area contributed by atoms with Crippen LogP contribution < -0.4 is 0 Å². The summed E-state index contributed by atoms with van der Waals surface area (Å²) in [6.45, 7) is 2.09. The maximum atomic E-state index is 11.8. The van der Waals surface area contributed by atoms with Gasteiger partial charge in [-0.25, -0.2) is 4.79 Å². The highest BCUT2D eigenvalue weighted by atomic mass is 32.2. The normalized spacial score (nSPS) is 12.3. The molecule has 88 valence electrons. The number of hydrogen-bond acceptors (Lipinski definition) is 2. The summed E-state index contributed by atoms with van der Waals surface area (Å²) >= 11 is 0. The van der Waals surface area contributed by atoms with Crippen molar-refractivity contribution < 1.29 is 14.1 Å². The second kappa shape index (κ2) is 6.43. The summed E-state index contributed by atoms with van der Waals surface area (Å²) in [7, 11) is -1.08. The Morgan fingerprint density at radius 3 is 2.75 bits per heavy atom. The average molecular weight is 240 g/mol. The van der Waals surface area contributed by atoms with Crippen molar-refractivity contribution in [2.45, 2.75) is 31.1 Å². The number of rotatable bonds is 6. The van der Waals surface area contributed by atoms with Crippen molar-refractivity contribution in [1.82, 2.24) is 0 Å². The second-order valence-corrected chi connectivity index (χ2v) is 5.16. The molecule has 16 heavy (non-hydrogen) atoms. The van der Waals surface area contributed by atoms with Crippen molar-refractivity contribution in [1.29, 1.82) is 0 Å². The molecule has 0 aliphatic carbocycles. The minimum absolute atomic E-state index is 0.196. The van der Waals surface area contributed by atoms with Crippen LogP contribution in [0.2, 0.25) is 0 Å². The van der Waals surface area contributed by atoms with Crippen molar-refractivity contribution >= 4 is 16.8 Å². The minimum atomic E-state index is -1.08. The first-order valence-electron chi connectivity index (χ1n) is 5.37. The molecule has 3 nitrogen and oxygen atoms in total. The van der Waals surface area contributed by atoms with Gasteiger partial charge in [-0.05, 0) is 24.6 Å². The fourth-order valence-corrected chi connectivity index (χ4v) is 2.56. The van der Waals surface area contributed by atoms with E-state index in [9.17, 15) is 9.00 Å². The predicted molar refractivity (Wildman–Crippen MR) is 64.2 cm³/mol. The van der Waals surface area contributed by atoms with Crippen molar-refractivity contribution in [2.75, 3.05) is 5.75 Å². The van der Waals surface area contributed by atoms with E-state index in [0.29, 0.717) is 10.6 Å². The number of unbranched alkanes of at least 4 members (excludes halogenated alkanes) is 2. The fraction of sp³-hybridized carbons (Fsp3) is 0.417. The Labute approximate surface area is 98.0 Å². The lowest BCUT2D eigenvalue weighted by Gasteiger charge is -2.02. The van der Waals surface area contributed by atoms with E-state index in [1.807, 2.05) is 0 Å². The fourth-order valence-electron chi connectivity index (χ4n) is 1.37. The first-order valence-corrected chi connectivity index (χ1v) is 6.68. The molecule has 0 saturated carbocycles. The summed E-state index contributed by atoms with van der Waals surface area (Å²) in [6.07, 6.45) is 3.07. The molecule has 0 spiro atoms.